The summed E-state index contributed by atoms with van der Waals surface area (Å²) in [6.45, 7) is 0. The second-order valence-electron chi connectivity index (χ2n) is 3.54. The summed E-state index contributed by atoms with van der Waals surface area (Å²) in [4.78, 5) is 11.1. The van der Waals surface area contributed by atoms with Crippen LogP contribution in [0.1, 0.15) is 0 Å². The van der Waals surface area contributed by atoms with Crippen LogP contribution in [0.25, 0.3) is 0 Å². The Bertz CT molecular complexity index is 649. The minimum absolute atomic E-state index is 0.136. The molecule has 7 heteroatoms. The fourth-order valence-corrected chi connectivity index (χ4v) is 2.89. The lowest BCUT2D eigenvalue weighted by molar-refractivity contribution is -0.387. The van der Waals surface area contributed by atoms with Crippen molar-refractivity contribution < 1.29 is 10.0 Å². The first kappa shape index (κ1) is 14.0. The third-order valence-electron chi connectivity index (χ3n) is 2.30. The van der Waals surface area contributed by atoms with Crippen molar-refractivity contribution in [2.75, 3.05) is 0 Å². The van der Waals surface area contributed by atoms with Gasteiger partial charge in [-0.25, -0.2) is 0 Å². The first-order valence-corrected chi connectivity index (χ1v) is 6.66. The summed E-state index contributed by atoms with van der Waals surface area (Å²) >= 11 is 12.9. The van der Waals surface area contributed by atoms with Gasteiger partial charge in [0.05, 0.1) is 15.0 Å². The second kappa shape index (κ2) is 5.69. The van der Waals surface area contributed by atoms with Gasteiger partial charge in [0.25, 0.3) is 5.69 Å². The average molecular weight is 316 g/mol. The van der Waals surface area contributed by atoms with Gasteiger partial charge in [-0.05, 0) is 18.2 Å². The number of aromatic hydroxyl groups is 1. The number of nitro groups is 1. The SMILES string of the molecule is O=[N+]([O-])c1cccc(O)c1Sc1cccc(Cl)c1Cl. The third kappa shape index (κ3) is 2.94. The molecular weight excluding hydrogens is 309 g/mol. The Morgan fingerprint density at radius 1 is 1.16 bits per heavy atom. The number of nitro benzene ring substituents is 1. The van der Waals surface area contributed by atoms with Crippen molar-refractivity contribution in [2.45, 2.75) is 9.79 Å². The van der Waals surface area contributed by atoms with E-state index in [1.807, 2.05) is 0 Å². The van der Waals surface area contributed by atoms with Crippen molar-refractivity contribution in [1.82, 2.24) is 0 Å². The number of nitrogens with zero attached hydrogens (tertiary/aromatic N) is 1. The predicted molar refractivity (Wildman–Crippen MR) is 75.3 cm³/mol. The van der Waals surface area contributed by atoms with Gasteiger partial charge in [-0.1, -0.05) is 47.1 Å². The van der Waals surface area contributed by atoms with E-state index in [1.165, 1.54) is 18.2 Å². The molecule has 2 aromatic rings. The van der Waals surface area contributed by atoms with E-state index in [4.69, 9.17) is 23.2 Å². The Balaban J connectivity index is 2.49. The van der Waals surface area contributed by atoms with E-state index in [-0.39, 0.29) is 16.3 Å². The normalized spacial score (nSPS) is 10.4. The van der Waals surface area contributed by atoms with Crippen molar-refractivity contribution in [3.8, 4) is 5.75 Å². The van der Waals surface area contributed by atoms with Crippen LogP contribution in [-0.2, 0) is 0 Å². The van der Waals surface area contributed by atoms with Gasteiger partial charge in [-0.2, -0.15) is 0 Å². The van der Waals surface area contributed by atoms with E-state index < -0.39 is 4.92 Å². The maximum atomic E-state index is 10.9. The van der Waals surface area contributed by atoms with Crippen LogP contribution >= 0.6 is 35.0 Å². The fraction of sp³-hybridized carbons (Fsp3) is 0. The molecule has 0 saturated carbocycles. The molecule has 0 aliphatic heterocycles. The van der Waals surface area contributed by atoms with Crippen LogP contribution in [0.5, 0.6) is 5.75 Å². The molecule has 0 atom stereocenters. The number of hydrogen-bond acceptors (Lipinski definition) is 4. The Kier molecular flexibility index (Phi) is 4.19. The second-order valence-corrected chi connectivity index (χ2v) is 5.37. The minimum Gasteiger partial charge on any atom is -0.506 e. The molecular formula is C12H7Cl2NO3S. The van der Waals surface area contributed by atoms with Crippen LogP contribution < -0.4 is 0 Å². The van der Waals surface area contributed by atoms with Gasteiger partial charge in [0.1, 0.15) is 10.6 Å². The standard InChI is InChI=1S/C12H7Cl2NO3S/c13-7-3-1-6-10(11(7)14)19-12-8(15(17)18)4-2-5-9(12)16/h1-6,16H. The monoisotopic (exact) mass is 315 g/mol. The molecule has 0 radical (unpaired) electrons. The van der Waals surface area contributed by atoms with E-state index in [2.05, 4.69) is 0 Å². The first-order chi connectivity index (χ1) is 9.00. The molecule has 0 aromatic heterocycles. The van der Waals surface area contributed by atoms with Gasteiger partial charge in [-0.3, -0.25) is 10.1 Å². The lowest BCUT2D eigenvalue weighted by Gasteiger charge is -2.07. The maximum Gasteiger partial charge on any atom is 0.287 e. The summed E-state index contributed by atoms with van der Waals surface area (Å²) in [6, 6.07) is 9.09. The predicted octanol–water partition coefficient (Wildman–Crippen LogP) is 4.76. The van der Waals surface area contributed by atoms with E-state index in [9.17, 15) is 15.2 Å². The van der Waals surface area contributed by atoms with Crippen LogP contribution in [0.3, 0.4) is 0 Å². The highest BCUT2D eigenvalue weighted by Gasteiger charge is 2.19. The lowest BCUT2D eigenvalue weighted by atomic mass is 10.3. The Labute approximate surface area is 123 Å². The van der Waals surface area contributed by atoms with Crippen molar-refractivity contribution in [1.29, 1.82) is 0 Å². The van der Waals surface area contributed by atoms with Crippen molar-refractivity contribution in [2.24, 2.45) is 0 Å². The number of benzene rings is 2. The van der Waals surface area contributed by atoms with Gasteiger partial charge in [0.2, 0.25) is 0 Å². The van der Waals surface area contributed by atoms with Gasteiger partial charge in [0, 0.05) is 11.0 Å². The highest BCUT2D eigenvalue weighted by atomic mass is 35.5. The van der Waals surface area contributed by atoms with Gasteiger partial charge < -0.3 is 5.11 Å². The summed E-state index contributed by atoms with van der Waals surface area (Å²) in [5.41, 5.74) is -0.180. The summed E-state index contributed by atoms with van der Waals surface area (Å²) in [5, 5.41) is 21.3. The van der Waals surface area contributed by atoms with Crippen molar-refractivity contribution >= 4 is 40.7 Å². The largest absolute Gasteiger partial charge is 0.506 e. The molecule has 2 aromatic carbocycles. The molecule has 2 rings (SSSR count). The molecule has 0 aliphatic rings. The highest BCUT2D eigenvalue weighted by molar-refractivity contribution is 7.99. The molecule has 0 bridgehead atoms. The van der Waals surface area contributed by atoms with Crippen LogP contribution in [0.4, 0.5) is 5.69 Å². The summed E-state index contributed by atoms with van der Waals surface area (Å²) in [6.07, 6.45) is 0. The van der Waals surface area contributed by atoms with Crippen molar-refractivity contribution in [3.63, 3.8) is 0 Å². The Morgan fingerprint density at radius 3 is 2.53 bits per heavy atom. The fourth-order valence-electron chi connectivity index (χ4n) is 1.43. The van der Waals surface area contributed by atoms with Crippen LogP contribution in [-0.4, -0.2) is 10.0 Å². The number of hydrogen-bond donors (Lipinski definition) is 1. The van der Waals surface area contributed by atoms with E-state index in [0.717, 1.165) is 11.8 Å². The van der Waals surface area contributed by atoms with Crippen LogP contribution in [0.15, 0.2) is 46.2 Å². The summed E-state index contributed by atoms with van der Waals surface area (Å²) < 4.78 is 0. The molecule has 1 N–H and O–H groups in total. The Hall–Kier alpha value is -1.43. The van der Waals surface area contributed by atoms with Crippen molar-refractivity contribution in [3.05, 3.63) is 56.6 Å². The van der Waals surface area contributed by atoms with Gasteiger partial charge >= 0.3 is 0 Å². The zero-order valence-corrected chi connectivity index (χ0v) is 11.7. The molecule has 19 heavy (non-hydrogen) atoms. The average Bonchev–Trinajstić information content (AvgIpc) is 2.36. The number of phenols is 1. The zero-order valence-electron chi connectivity index (χ0n) is 9.34. The molecule has 0 saturated heterocycles. The highest BCUT2D eigenvalue weighted by Crippen LogP contribution is 2.44. The molecule has 4 nitrogen and oxygen atoms in total. The first-order valence-electron chi connectivity index (χ1n) is 5.09. The molecule has 98 valence electrons. The summed E-state index contributed by atoms with van der Waals surface area (Å²) in [7, 11) is 0. The molecule has 0 heterocycles. The molecule has 0 spiro atoms. The molecule has 0 aliphatic carbocycles. The molecule has 0 unspecified atom stereocenters. The maximum absolute atomic E-state index is 10.9. The summed E-state index contributed by atoms with van der Waals surface area (Å²) in [5.74, 6) is -0.171. The van der Waals surface area contributed by atoms with Crippen LogP contribution in [0, 0.1) is 10.1 Å². The Morgan fingerprint density at radius 2 is 1.84 bits per heavy atom. The smallest absolute Gasteiger partial charge is 0.287 e. The topological polar surface area (TPSA) is 63.4 Å². The van der Waals surface area contributed by atoms with Crippen LogP contribution in [0.2, 0.25) is 10.0 Å². The minimum atomic E-state index is -0.555. The number of rotatable bonds is 3. The van der Waals surface area contributed by atoms with Gasteiger partial charge in [0.15, 0.2) is 0 Å². The van der Waals surface area contributed by atoms with E-state index in [0.29, 0.717) is 14.9 Å². The number of halogens is 2. The van der Waals surface area contributed by atoms with E-state index >= 15 is 0 Å². The third-order valence-corrected chi connectivity index (χ3v) is 4.41. The quantitative estimate of drug-likeness (QED) is 0.655. The van der Waals surface area contributed by atoms with Gasteiger partial charge in [-0.15, -0.1) is 0 Å². The molecule has 0 amide bonds. The lowest BCUT2D eigenvalue weighted by Crippen LogP contribution is -1.91. The molecule has 0 fully saturated rings. The van der Waals surface area contributed by atoms with E-state index in [1.54, 1.807) is 18.2 Å². The zero-order chi connectivity index (χ0) is 14.0. The number of phenolic OH excluding ortho intramolecular Hbond substituents is 1.